The molecule has 0 aliphatic rings. The van der Waals surface area contributed by atoms with E-state index in [4.69, 9.17) is 0 Å². The maximum Gasteiger partial charge on any atom is 0.244 e. The van der Waals surface area contributed by atoms with Crippen molar-refractivity contribution in [2.75, 3.05) is 24.2 Å². The molecule has 0 aromatic heterocycles. The second-order valence-electron chi connectivity index (χ2n) is 6.62. The largest absolute Gasteiger partial charge is 0.357 e. The Morgan fingerprint density at radius 3 is 2.13 bits per heavy atom. The van der Waals surface area contributed by atoms with E-state index < -0.39 is 46.1 Å². The molecule has 162 valence electrons. The average Bonchev–Trinajstić information content (AvgIpc) is 2.70. The van der Waals surface area contributed by atoms with Gasteiger partial charge in [0.05, 0.1) is 11.9 Å². The third-order valence-corrected chi connectivity index (χ3v) is 5.64. The molecule has 0 radical (unpaired) electrons. The van der Waals surface area contributed by atoms with E-state index in [-0.39, 0.29) is 17.8 Å². The number of carbonyl (C=O) groups excluding carboxylic acids is 2. The molecule has 0 aliphatic carbocycles. The number of rotatable bonds is 8. The summed E-state index contributed by atoms with van der Waals surface area (Å²) >= 11 is 0. The number of sulfonamides is 1. The van der Waals surface area contributed by atoms with E-state index in [1.165, 1.54) is 50.4 Å². The number of halogens is 2. The van der Waals surface area contributed by atoms with Crippen LogP contribution in [0.3, 0.4) is 0 Å². The predicted octanol–water partition coefficient (Wildman–Crippen LogP) is 1.89. The van der Waals surface area contributed by atoms with Gasteiger partial charge in [0.2, 0.25) is 21.8 Å². The highest BCUT2D eigenvalue weighted by Crippen LogP contribution is 2.22. The van der Waals surface area contributed by atoms with Gasteiger partial charge in [-0.25, -0.2) is 17.2 Å². The van der Waals surface area contributed by atoms with Gasteiger partial charge in [-0.1, -0.05) is 30.3 Å². The van der Waals surface area contributed by atoms with Crippen LogP contribution >= 0.6 is 0 Å². The van der Waals surface area contributed by atoms with Gasteiger partial charge in [0.15, 0.2) is 0 Å². The van der Waals surface area contributed by atoms with Crippen molar-refractivity contribution in [2.24, 2.45) is 0 Å². The Hall–Kier alpha value is -3.01. The molecular formula is C20H23F2N3O4S. The molecular weight excluding hydrogens is 416 g/mol. The Kier molecular flexibility index (Phi) is 7.49. The van der Waals surface area contributed by atoms with Crippen molar-refractivity contribution in [1.82, 2.24) is 10.2 Å². The number of hydrogen-bond donors (Lipinski definition) is 1. The smallest absolute Gasteiger partial charge is 0.244 e. The summed E-state index contributed by atoms with van der Waals surface area (Å²) in [4.78, 5) is 26.3. The van der Waals surface area contributed by atoms with Gasteiger partial charge in [-0.05, 0) is 25.1 Å². The Bertz CT molecular complexity index is 1030. The fourth-order valence-corrected chi connectivity index (χ4v) is 3.70. The molecule has 0 aliphatic heterocycles. The van der Waals surface area contributed by atoms with Gasteiger partial charge in [-0.2, -0.15) is 0 Å². The van der Waals surface area contributed by atoms with E-state index in [0.717, 1.165) is 17.2 Å². The first-order chi connectivity index (χ1) is 14.1. The normalized spacial score (nSPS) is 12.2. The van der Waals surface area contributed by atoms with Crippen LogP contribution in [0.25, 0.3) is 0 Å². The lowest BCUT2D eigenvalue weighted by Gasteiger charge is -2.31. The summed E-state index contributed by atoms with van der Waals surface area (Å²) in [5.74, 6) is -2.70. The number of likely N-dealkylation sites (N-methyl/N-ethyl adjacent to an activating group) is 1. The van der Waals surface area contributed by atoms with Crippen molar-refractivity contribution >= 4 is 27.5 Å². The maximum absolute atomic E-state index is 14.2. The molecule has 1 atom stereocenters. The first-order valence-electron chi connectivity index (χ1n) is 9.03. The Morgan fingerprint density at radius 1 is 1.03 bits per heavy atom. The first-order valence-corrected chi connectivity index (χ1v) is 10.9. The van der Waals surface area contributed by atoms with Crippen LogP contribution in [0, 0.1) is 11.6 Å². The van der Waals surface area contributed by atoms with Gasteiger partial charge in [0.25, 0.3) is 0 Å². The molecule has 2 amide bonds. The summed E-state index contributed by atoms with van der Waals surface area (Å²) in [6, 6.07) is 9.83. The monoisotopic (exact) mass is 439 g/mol. The Balaban J connectivity index is 2.41. The van der Waals surface area contributed by atoms with Gasteiger partial charge >= 0.3 is 0 Å². The highest BCUT2D eigenvalue weighted by molar-refractivity contribution is 7.92. The third-order valence-electron chi connectivity index (χ3n) is 4.51. The summed E-state index contributed by atoms with van der Waals surface area (Å²) in [5, 5.41) is 2.41. The highest BCUT2D eigenvalue weighted by Gasteiger charge is 2.31. The Labute approximate surface area is 174 Å². The minimum Gasteiger partial charge on any atom is -0.357 e. The lowest BCUT2D eigenvalue weighted by molar-refractivity contribution is -0.139. The van der Waals surface area contributed by atoms with Gasteiger partial charge in [-0.15, -0.1) is 0 Å². The minimum atomic E-state index is -4.03. The molecule has 0 saturated carbocycles. The summed E-state index contributed by atoms with van der Waals surface area (Å²) in [6.07, 6.45) is 0.843. The molecule has 1 N–H and O–H groups in total. The van der Waals surface area contributed by atoms with Crippen molar-refractivity contribution in [3.63, 3.8) is 0 Å². The zero-order valence-electron chi connectivity index (χ0n) is 16.8. The van der Waals surface area contributed by atoms with Crippen LogP contribution < -0.4 is 9.62 Å². The fourth-order valence-electron chi connectivity index (χ4n) is 2.85. The van der Waals surface area contributed by atoms with Gasteiger partial charge < -0.3 is 10.2 Å². The number of hydrogen-bond acceptors (Lipinski definition) is 4. The maximum atomic E-state index is 14.2. The number of carbonyl (C=O) groups is 2. The molecule has 0 fully saturated rings. The molecule has 7 nitrogen and oxygen atoms in total. The molecule has 2 aromatic carbocycles. The Morgan fingerprint density at radius 2 is 1.60 bits per heavy atom. The molecule has 0 unspecified atom stereocenters. The number of para-hydroxylation sites is 1. The summed E-state index contributed by atoms with van der Waals surface area (Å²) in [7, 11) is -2.65. The van der Waals surface area contributed by atoms with E-state index in [0.29, 0.717) is 4.31 Å². The zero-order valence-corrected chi connectivity index (χ0v) is 17.6. The van der Waals surface area contributed by atoms with Crippen LogP contribution in [0.4, 0.5) is 14.5 Å². The standard InChI is InChI=1S/C20H23F2N3O4S/c1-14(20(27)23-2)24(12-15-8-4-5-9-16(15)21)19(26)13-25(30(3,28)29)18-11-7-6-10-17(18)22/h4-11,14H,12-13H2,1-3H3,(H,23,27)/t14-/m1/s1. The number of anilines is 1. The van der Waals surface area contributed by atoms with E-state index in [2.05, 4.69) is 5.32 Å². The molecule has 0 saturated heterocycles. The third kappa shape index (κ3) is 5.53. The molecule has 10 heteroatoms. The SMILES string of the molecule is CNC(=O)[C@@H](C)N(Cc1ccccc1F)C(=O)CN(c1ccccc1F)S(C)(=O)=O. The topological polar surface area (TPSA) is 86.8 Å². The van der Waals surface area contributed by atoms with Gasteiger partial charge in [-0.3, -0.25) is 13.9 Å². The first kappa shape index (κ1) is 23.3. The van der Waals surface area contributed by atoms with E-state index in [1.54, 1.807) is 6.07 Å². The average molecular weight is 439 g/mol. The summed E-state index contributed by atoms with van der Waals surface area (Å²) in [6.45, 7) is 0.413. The molecule has 30 heavy (non-hydrogen) atoms. The molecule has 2 rings (SSSR count). The quantitative estimate of drug-likeness (QED) is 0.681. The molecule has 2 aromatic rings. The van der Waals surface area contributed by atoms with Crippen LogP contribution in [-0.4, -0.2) is 51.0 Å². The number of nitrogens with one attached hydrogen (secondary N) is 1. The van der Waals surface area contributed by atoms with E-state index in [1.807, 2.05) is 0 Å². The van der Waals surface area contributed by atoms with Gasteiger partial charge in [0.1, 0.15) is 24.2 Å². The molecule has 0 heterocycles. The van der Waals surface area contributed by atoms with Crippen molar-refractivity contribution in [1.29, 1.82) is 0 Å². The summed E-state index contributed by atoms with van der Waals surface area (Å²) in [5.41, 5.74) is -0.148. The fraction of sp³-hybridized carbons (Fsp3) is 0.300. The molecule has 0 bridgehead atoms. The number of benzene rings is 2. The van der Waals surface area contributed by atoms with Gasteiger partial charge in [0, 0.05) is 19.2 Å². The second-order valence-corrected chi connectivity index (χ2v) is 8.53. The minimum absolute atomic E-state index is 0.151. The van der Waals surface area contributed by atoms with Crippen LogP contribution in [0.1, 0.15) is 12.5 Å². The zero-order chi connectivity index (χ0) is 22.5. The van der Waals surface area contributed by atoms with E-state index in [9.17, 15) is 26.8 Å². The van der Waals surface area contributed by atoms with Crippen LogP contribution in [0.15, 0.2) is 48.5 Å². The van der Waals surface area contributed by atoms with Crippen LogP contribution in [0.5, 0.6) is 0 Å². The molecule has 0 spiro atoms. The summed E-state index contributed by atoms with van der Waals surface area (Å²) < 4.78 is 53.5. The number of nitrogens with zero attached hydrogens (tertiary/aromatic N) is 2. The number of amides is 2. The van der Waals surface area contributed by atoms with Crippen molar-refractivity contribution in [2.45, 2.75) is 19.5 Å². The second kappa shape index (κ2) is 9.66. The predicted molar refractivity (Wildman–Crippen MR) is 109 cm³/mol. The van der Waals surface area contributed by atoms with Crippen molar-refractivity contribution < 1.29 is 26.8 Å². The van der Waals surface area contributed by atoms with Crippen LogP contribution in [-0.2, 0) is 26.2 Å². The lowest BCUT2D eigenvalue weighted by atomic mass is 10.1. The van der Waals surface area contributed by atoms with Crippen molar-refractivity contribution in [3.8, 4) is 0 Å². The highest BCUT2D eigenvalue weighted by atomic mass is 32.2. The van der Waals surface area contributed by atoms with Crippen molar-refractivity contribution in [3.05, 3.63) is 65.7 Å². The van der Waals surface area contributed by atoms with Crippen LogP contribution in [0.2, 0.25) is 0 Å². The lowest BCUT2D eigenvalue weighted by Crippen LogP contribution is -2.50. The van der Waals surface area contributed by atoms with E-state index >= 15 is 0 Å².